The number of nitrogens with one attached hydrogen (secondary N) is 1. The van der Waals surface area contributed by atoms with Crippen molar-refractivity contribution in [3.8, 4) is 0 Å². The number of carbonyl (C=O) groups excluding carboxylic acids is 2. The third-order valence-corrected chi connectivity index (χ3v) is 6.32. The highest BCUT2D eigenvalue weighted by Crippen LogP contribution is 2.22. The Balaban J connectivity index is 1.33. The van der Waals surface area contributed by atoms with Crippen LogP contribution in [0.2, 0.25) is 0 Å². The fourth-order valence-electron chi connectivity index (χ4n) is 4.34. The number of nitrogens with zero attached hydrogens (tertiary/aromatic N) is 2. The van der Waals surface area contributed by atoms with Crippen molar-refractivity contribution in [3.63, 3.8) is 0 Å². The number of hydrogen-bond acceptors (Lipinski definition) is 3. The highest BCUT2D eigenvalue weighted by atomic mass is 16.2. The molecule has 0 saturated carbocycles. The Labute approximate surface area is 169 Å². The second-order valence-corrected chi connectivity index (χ2v) is 8.54. The number of aryl methyl sites for hydroxylation is 1. The molecule has 3 rings (SSSR count). The van der Waals surface area contributed by atoms with Crippen molar-refractivity contribution in [1.29, 1.82) is 0 Å². The molecule has 0 bridgehead atoms. The van der Waals surface area contributed by atoms with Crippen molar-refractivity contribution in [2.45, 2.75) is 58.4 Å². The summed E-state index contributed by atoms with van der Waals surface area (Å²) in [7, 11) is 0. The first kappa shape index (κ1) is 20.8. The van der Waals surface area contributed by atoms with Gasteiger partial charge in [-0.15, -0.1) is 0 Å². The zero-order chi connectivity index (χ0) is 19.9. The maximum Gasteiger partial charge on any atom is 0.253 e. The van der Waals surface area contributed by atoms with Gasteiger partial charge in [0, 0.05) is 37.7 Å². The van der Waals surface area contributed by atoms with E-state index >= 15 is 0 Å². The van der Waals surface area contributed by atoms with E-state index in [4.69, 9.17) is 0 Å². The minimum Gasteiger partial charge on any atom is -0.356 e. The lowest BCUT2D eigenvalue weighted by molar-refractivity contribution is -0.122. The van der Waals surface area contributed by atoms with Crippen LogP contribution in [0.15, 0.2) is 24.3 Å². The molecule has 2 heterocycles. The van der Waals surface area contributed by atoms with E-state index in [0.717, 1.165) is 50.0 Å². The summed E-state index contributed by atoms with van der Waals surface area (Å²) in [4.78, 5) is 29.3. The van der Waals surface area contributed by atoms with Gasteiger partial charge in [0.25, 0.3) is 5.91 Å². The molecule has 1 atom stereocenters. The number of piperidine rings is 1. The van der Waals surface area contributed by atoms with Crippen molar-refractivity contribution in [2.75, 3.05) is 32.7 Å². The quantitative estimate of drug-likeness (QED) is 0.784. The molecule has 2 aliphatic rings. The van der Waals surface area contributed by atoms with Crippen LogP contribution in [0.1, 0.15) is 61.4 Å². The number of rotatable bonds is 7. The third-order valence-electron chi connectivity index (χ3n) is 6.32. The summed E-state index contributed by atoms with van der Waals surface area (Å²) in [5.74, 6) is 0.661. The highest BCUT2D eigenvalue weighted by Gasteiger charge is 2.25. The summed E-state index contributed by atoms with van der Waals surface area (Å²) in [6.45, 7) is 8.95. The molecular formula is C23H35N3O2. The van der Waals surface area contributed by atoms with Gasteiger partial charge in [0.05, 0.1) is 0 Å². The normalized spacial score (nSPS) is 19.6. The number of hydrogen-bond donors (Lipinski definition) is 1. The summed E-state index contributed by atoms with van der Waals surface area (Å²) in [5, 5.41) is 3.10. The standard InChI is InChI=1S/C23H35N3O2/c1-18-5-7-21(8-6-18)23(28)26-15-10-20(11-16-26)17-22(27)24-12-9-19(2)25-13-3-4-14-25/h5-8,19-20H,3-4,9-17H2,1-2H3,(H,24,27). The molecule has 154 valence electrons. The summed E-state index contributed by atoms with van der Waals surface area (Å²) < 4.78 is 0. The lowest BCUT2D eigenvalue weighted by Crippen LogP contribution is -2.40. The fourth-order valence-corrected chi connectivity index (χ4v) is 4.34. The topological polar surface area (TPSA) is 52.7 Å². The maximum absolute atomic E-state index is 12.6. The smallest absolute Gasteiger partial charge is 0.253 e. The second kappa shape index (κ2) is 10.1. The van der Waals surface area contributed by atoms with E-state index in [0.29, 0.717) is 18.4 Å². The average Bonchev–Trinajstić information content (AvgIpc) is 3.23. The molecule has 5 heteroatoms. The Morgan fingerprint density at radius 3 is 2.36 bits per heavy atom. The third kappa shape index (κ3) is 5.81. The lowest BCUT2D eigenvalue weighted by atomic mass is 9.92. The molecule has 1 unspecified atom stereocenters. The van der Waals surface area contributed by atoms with E-state index in [1.165, 1.54) is 25.9 Å². The molecule has 2 amide bonds. The summed E-state index contributed by atoms with van der Waals surface area (Å²) in [5.41, 5.74) is 1.92. The summed E-state index contributed by atoms with van der Waals surface area (Å²) >= 11 is 0. The van der Waals surface area contributed by atoms with Gasteiger partial charge >= 0.3 is 0 Å². The van der Waals surface area contributed by atoms with Crippen LogP contribution < -0.4 is 5.32 Å². The summed E-state index contributed by atoms with van der Waals surface area (Å²) in [6, 6.07) is 8.32. The first-order valence-electron chi connectivity index (χ1n) is 10.9. The maximum atomic E-state index is 12.6. The van der Waals surface area contributed by atoms with Gasteiger partial charge in [0.15, 0.2) is 0 Å². The minimum atomic E-state index is 0.110. The van der Waals surface area contributed by atoms with Crippen LogP contribution in [0.3, 0.4) is 0 Å². The molecule has 5 nitrogen and oxygen atoms in total. The molecule has 2 aliphatic heterocycles. The van der Waals surface area contributed by atoms with Crippen LogP contribution in [0.5, 0.6) is 0 Å². The van der Waals surface area contributed by atoms with Crippen molar-refractivity contribution in [3.05, 3.63) is 35.4 Å². The number of carbonyl (C=O) groups is 2. The van der Waals surface area contributed by atoms with Crippen molar-refractivity contribution < 1.29 is 9.59 Å². The Kier molecular flexibility index (Phi) is 7.49. The first-order valence-corrected chi connectivity index (χ1v) is 10.9. The van der Waals surface area contributed by atoms with Crippen molar-refractivity contribution >= 4 is 11.8 Å². The molecule has 0 radical (unpaired) electrons. The predicted octanol–water partition coefficient (Wildman–Crippen LogP) is 3.23. The van der Waals surface area contributed by atoms with E-state index in [-0.39, 0.29) is 11.8 Å². The number of amides is 2. The molecular weight excluding hydrogens is 350 g/mol. The van der Waals surface area contributed by atoms with E-state index in [2.05, 4.69) is 17.1 Å². The largest absolute Gasteiger partial charge is 0.356 e. The van der Waals surface area contributed by atoms with Gasteiger partial charge in [0.1, 0.15) is 0 Å². The van der Waals surface area contributed by atoms with Gasteiger partial charge in [-0.2, -0.15) is 0 Å². The predicted molar refractivity (Wildman–Crippen MR) is 112 cm³/mol. The van der Waals surface area contributed by atoms with Crippen LogP contribution >= 0.6 is 0 Å². The molecule has 2 fully saturated rings. The second-order valence-electron chi connectivity index (χ2n) is 8.54. The molecule has 0 spiro atoms. The molecule has 1 aromatic rings. The Bertz CT molecular complexity index is 644. The fraction of sp³-hybridized carbons (Fsp3) is 0.652. The van der Waals surface area contributed by atoms with Gasteiger partial charge in [-0.05, 0) is 77.1 Å². The Morgan fingerprint density at radius 1 is 1.07 bits per heavy atom. The molecule has 0 aromatic heterocycles. The van der Waals surface area contributed by atoms with Crippen LogP contribution in [0.4, 0.5) is 0 Å². The Hall–Kier alpha value is -1.88. The Morgan fingerprint density at radius 2 is 1.71 bits per heavy atom. The van der Waals surface area contributed by atoms with E-state index in [1.54, 1.807) is 0 Å². The van der Waals surface area contributed by atoms with Crippen molar-refractivity contribution in [2.24, 2.45) is 5.92 Å². The molecule has 28 heavy (non-hydrogen) atoms. The molecule has 1 N–H and O–H groups in total. The van der Waals surface area contributed by atoms with Crippen molar-refractivity contribution in [1.82, 2.24) is 15.1 Å². The number of likely N-dealkylation sites (tertiary alicyclic amines) is 2. The van der Waals surface area contributed by atoms with Crippen LogP contribution in [0, 0.1) is 12.8 Å². The summed E-state index contributed by atoms with van der Waals surface area (Å²) in [6.07, 6.45) is 6.05. The lowest BCUT2D eigenvalue weighted by Gasteiger charge is -2.32. The van der Waals surface area contributed by atoms with Gasteiger partial charge in [-0.1, -0.05) is 17.7 Å². The van der Waals surface area contributed by atoms with Gasteiger partial charge in [-0.3, -0.25) is 9.59 Å². The van der Waals surface area contributed by atoms with E-state index in [9.17, 15) is 9.59 Å². The minimum absolute atomic E-state index is 0.110. The zero-order valence-corrected chi connectivity index (χ0v) is 17.5. The molecule has 0 aliphatic carbocycles. The average molecular weight is 386 g/mol. The van der Waals surface area contributed by atoms with Gasteiger partial charge in [-0.25, -0.2) is 0 Å². The monoisotopic (exact) mass is 385 g/mol. The van der Waals surface area contributed by atoms with Gasteiger partial charge in [0.2, 0.25) is 5.91 Å². The van der Waals surface area contributed by atoms with Crippen LogP contribution in [-0.4, -0.2) is 60.4 Å². The first-order chi connectivity index (χ1) is 13.5. The number of benzene rings is 1. The van der Waals surface area contributed by atoms with E-state index in [1.807, 2.05) is 36.1 Å². The molecule has 2 saturated heterocycles. The van der Waals surface area contributed by atoms with Crippen LogP contribution in [-0.2, 0) is 4.79 Å². The van der Waals surface area contributed by atoms with Crippen LogP contribution in [0.25, 0.3) is 0 Å². The molecule has 1 aromatic carbocycles. The van der Waals surface area contributed by atoms with Gasteiger partial charge < -0.3 is 15.1 Å². The SMILES string of the molecule is Cc1ccc(C(=O)N2CCC(CC(=O)NCCC(C)N3CCCC3)CC2)cc1. The zero-order valence-electron chi connectivity index (χ0n) is 17.5. The van der Waals surface area contributed by atoms with E-state index < -0.39 is 0 Å². The highest BCUT2D eigenvalue weighted by molar-refractivity contribution is 5.94.